The van der Waals surface area contributed by atoms with Crippen LogP contribution in [-0.2, 0) is 19.1 Å². The Morgan fingerprint density at radius 1 is 1.10 bits per heavy atom. The van der Waals surface area contributed by atoms with Crippen LogP contribution in [0.15, 0.2) is 0 Å². The topological polar surface area (TPSA) is 55.8 Å². The van der Waals surface area contributed by atoms with E-state index in [4.69, 9.17) is 9.47 Å². The molecule has 1 saturated heterocycles. The van der Waals surface area contributed by atoms with Gasteiger partial charge in [0.25, 0.3) is 0 Å². The summed E-state index contributed by atoms with van der Waals surface area (Å²) < 4.78 is 9.97. The molecule has 0 bridgehead atoms. The summed E-state index contributed by atoms with van der Waals surface area (Å²) in [6.45, 7) is 7.56. The number of nitrogens with zero attached hydrogens (tertiary/aromatic N) is 1. The van der Waals surface area contributed by atoms with Crippen molar-refractivity contribution < 1.29 is 19.1 Å². The third-order valence-corrected chi connectivity index (χ3v) is 3.56. The predicted octanol–water partition coefficient (Wildman–Crippen LogP) is 1.99. The molecular formula is C15H27NO4. The Kier molecular flexibility index (Phi) is 8.26. The average molecular weight is 285 g/mol. The molecular weight excluding hydrogens is 258 g/mol. The number of rotatable bonds is 9. The standard InChI is InChI=1S/C15H27NO4/c1-3-19-14(17)12-13(15(18)20-4-2)8-7-11-16-9-5-6-10-16/h13H,3-12H2,1-2H3. The zero-order valence-corrected chi connectivity index (χ0v) is 12.7. The van der Waals surface area contributed by atoms with Crippen LogP contribution in [0.1, 0.15) is 46.0 Å². The lowest BCUT2D eigenvalue weighted by Gasteiger charge is -2.18. The second kappa shape index (κ2) is 9.75. The molecule has 1 aliphatic heterocycles. The number of carbonyl (C=O) groups excluding carboxylic acids is 2. The van der Waals surface area contributed by atoms with Gasteiger partial charge in [-0.15, -0.1) is 0 Å². The second-order valence-electron chi connectivity index (χ2n) is 5.15. The number of likely N-dealkylation sites (tertiary alicyclic amines) is 1. The van der Waals surface area contributed by atoms with E-state index in [2.05, 4.69) is 4.90 Å². The fraction of sp³-hybridized carbons (Fsp3) is 0.867. The molecule has 0 aromatic rings. The Morgan fingerprint density at radius 2 is 1.75 bits per heavy atom. The minimum absolute atomic E-state index is 0.132. The van der Waals surface area contributed by atoms with Gasteiger partial charge in [-0.1, -0.05) is 0 Å². The molecule has 0 saturated carbocycles. The van der Waals surface area contributed by atoms with Gasteiger partial charge in [0.1, 0.15) is 0 Å². The molecule has 1 heterocycles. The number of hydrogen-bond acceptors (Lipinski definition) is 5. The van der Waals surface area contributed by atoms with Gasteiger partial charge in [-0.3, -0.25) is 9.59 Å². The molecule has 0 aromatic carbocycles. The van der Waals surface area contributed by atoms with Gasteiger partial charge < -0.3 is 14.4 Å². The highest BCUT2D eigenvalue weighted by atomic mass is 16.5. The summed E-state index contributed by atoms with van der Waals surface area (Å²) in [6, 6.07) is 0. The molecule has 1 atom stereocenters. The van der Waals surface area contributed by atoms with E-state index in [0.29, 0.717) is 19.6 Å². The fourth-order valence-corrected chi connectivity index (χ4v) is 2.55. The molecule has 0 radical (unpaired) electrons. The van der Waals surface area contributed by atoms with E-state index >= 15 is 0 Å². The molecule has 1 aliphatic rings. The lowest BCUT2D eigenvalue weighted by molar-refractivity contribution is -0.155. The van der Waals surface area contributed by atoms with E-state index in [-0.39, 0.29) is 24.3 Å². The lowest BCUT2D eigenvalue weighted by atomic mass is 9.99. The molecule has 1 unspecified atom stereocenters. The third kappa shape index (κ3) is 6.37. The van der Waals surface area contributed by atoms with Gasteiger partial charge in [0.15, 0.2) is 0 Å². The maximum absolute atomic E-state index is 11.9. The van der Waals surface area contributed by atoms with Crippen LogP contribution >= 0.6 is 0 Å². The molecule has 5 heteroatoms. The molecule has 0 aromatic heterocycles. The number of ether oxygens (including phenoxy) is 2. The van der Waals surface area contributed by atoms with Gasteiger partial charge in [-0.05, 0) is 59.2 Å². The van der Waals surface area contributed by atoms with Crippen molar-refractivity contribution in [3.63, 3.8) is 0 Å². The zero-order valence-electron chi connectivity index (χ0n) is 12.7. The monoisotopic (exact) mass is 285 g/mol. The molecule has 0 N–H and O–H groups in total. The average Bonchev–Trinajstić information content (AvgIpc) is 2.91. The highest BCUT2D eigenvalue weighted by Crippen LogP contribution is 2.16. The first kappa shape index (κ1) is 17.0. The summed E-state index contributed by atoms with van der Waals surface area (Å²) >= 11 is 0. The maximum atomic E-state index is 11.9. The summed E-state index contributed by atoms with van der Waals surface area (Å²) in [7, 11) is 0. The molecule has 0 aliphatic carbocycles. The third-order valence-electron chi connectivity index (χ3n) is 3.56. The van der Waals surface area contributed by atoms with Gasteiger partial charge in [0, 0.05) is 0 Å². The first-order chi connectivity index (χ1) is 9.67. The predicted molar refractivity (Wildman–Crippen MR) is 76.3 cm³/mol. The summed E-state index contributed by atoms with van der Waals surface area (Å²) in [5.74, 6) is -0.953. The summed E-state index contributed by atoms with van der Waals surface area (Å²) in [6.07, 6.45) is 4.28. The quantitative estimate of drug-likeness (QED) is 0.606. The highest BCUT2D eigenvalue weighted by Gasteiger charge is 2.24. The Labute approximate surface area is 121 Å². The van der Waals surface area contributed by atoms with Crippen LogP contribution in [0.3, 0.4) is 0 Å². The van der Waals surface area contributed by atoms with Crippen molar-refractivity contribution >= 4 is 11.9 Å². The van der Waals surface area contributed by atoms with Crippen LogP contribution in [0.5, 0.6) is 0 Å². The lowest BCUT2D eigenvalue weighted by Crippen LogP contribution is -2.25. The van der Waals surface area contributed by atoms with Gasteiger partial charge in [0.05, 0.1) is 25.6 Å². The Bertz CT molecular complexity index is 300. The van der Waals surface area contributed by atoms with Gasteiger partial charge in [-0.2, -0.15) is 0 Å². The Balaban J connectivity index is 2.35. The molecule has 0 spiro atoms. The normalized spacial score (nSPS) is 16.9. The minimum atomic E-state index is -0.364. The second-order valence-corrected chi connectivity index (χ2v) is 5.15. The smallest absolute Gasteiger partial charge is 0.309 e. The highest BCUT2D eigenvalue weighted by molar-refractivity contribution is 5.79. The van der Waals surface area contributed by atoms with Crippen molar-refractivity contribution in [3.05, 3.63) is 0 Å². The van der Waals surface area contributed by atoms with Crippen LogP contribution < -0.4 is 0 Å². The maximum Gasteiger partial charge on any atom is 0.309 e. The van der Waals surface area contributed by atoms with Crippen molar-refractivity contribution in [1.29, 1.82) is 0 Å². The van der Waals surface area contributed by atoms with E-state index in [1.54, 1.807) is 13.8 Å². The van der Waals surface area contributed by atoms with E-state index in [1.807, 2.05) is 0 Å². The summed E-state index contributed by atoms with van der Waals surface area (Å²) in [5.41, 5.74) is 0. The van der Waals surface area contributed by atoms with Crippen LogP contribution in [0.4, 0.5) is 0 Å². The van der Waals surface area contributed by atoms with Crippen LogP contribution in [0.25, 0.3) is 0 Å². The molecule has 1 fully saturated rings. The molecule has 1 rings (SSSR count). The Morgan fingerprint density at radius 3 is 2.35 bits per heavy atom. The van der Waals surface area contributed by atoms with Crippen LogP contribution in [0, 0.1) is 5.92 Å². The van der Waals surface area contributed by atoms with E-state index in [9.17, 15) is 9.59 Å². The fourth-order valence-electron chi connectivity index (χ4n) is 2.55. The van der Waals surface area contributed by atoms with Gasteiger partial charge >= 0.3 is 11.9 Å². The summed E-state index contributed by atoms with van der Waals surface area (Å²) in [4.78, 5) is 25.8. The number of hydrogen-bond donors (Lipinski definition) is 0. The van der Waals surface area contributed by atoms with Crippen LogP contribution in [0.2, 0.25) is 0 Å². The minimum Gasteiger partial charge on any atom is -0.466 e. The van der Waals surface area contributed by atoms with Crippen molar-refractivity contribution in [2.45, 2.75) is 46.0 Å². The molecule has 0 amide bonds. The van der Waals surface area contributed by atoms with Crippen molar-refractivity contribution in [2.75, 3.05) is 32.8 Å². The molecule has 5 nitrogen and oxygen atoms in total. The first-order valence-corrected chi connectivity index (χ1v) is 7.72. The van der Waals surface area contributed by atoms with Crippen molar-refractivity contribution in [3.8, 4) is 0 Å². The van der Waals surface area contributed by atoms with E-state index < -0.39 is 0 Å². The van der Waals surface area contributed by atoms with Crippen molar-refractivity contribution in [2.24, 2.45) is 5.92 Å². The van der Waals surface area contributed by atoms with Gasteiger partial charge in [0.2, 0.25) is 0 Å². The molecule has 20 heavy (non-hydrogen) atoms. The van der Waals surface area contributed by atoms with E-state index in [0.717, 1.165) is 26.1 Å². The van der Waals surface area contributed by atoms with Gasteiger partial charge in [-0.25, -0.2) is 0 Å². The van der Waals surface area contributed by atoms with E-state index in [1.165, 1.54) is 12.8 Å². The number of carbonyl (C=O) groups is 2. The SMILES string of the molecule is CCOC(=O)CC(CCCN1CCCC1)C(=O)OCC. The largest absolute Gasteiger partial charge is 0.466 e. The summed E-state index contributed by atoms with van der Waals surface area (Å²) in [5, 5.41) is 0. The molecule has 116 valence electrons. The van der Waals surface area contributed by atoms with Crippen molar-refractivity contribution in [1.82, 2.24) is 4.90 Å². The Hall–Kier alpha value is -1.10. The number of esters is 2. The first-order valence-electron chi connectivity index (χ1n) is 7.72. The zero-order chi connectivity index (χ0) is 14.8. The van der Waals surface area contributed by atoms with Crippen LogP contribution in [-0.4, -0.2) is 49.7 Å².